The van der Waals surface area contributed by atoms with Gasteiger partial charge in [0, 0.05) is 30.4 Å². The van der Waals surface area contributed by atoms with E-state index in [0.29, 0.717) is 12.0 Å². The molecule has 3 rings (SSSR count). The average Bonchev–Trinajstić information content (AvgIpc) is 3.01. The molecular weight excluding hydrogens is 286 g/mol. The van der Waals surface area contributed by atoms with Crippen LogP contribution in [-0.2, 0) is 4.79 Å². The van der Waals surface area contributed by atoms with Gasteiger partial charge in [0.05, 0.1) is 11.6 Å². The molecule has 1 saturated heterocycles. The summed E-state index contributed by atoms with van der Waals surface area (Å²) in [6, 6.07) is 17.8. The van der Waals surface area contributed by atoms with E-state index in [9.17, 15) is 4.79 Å². The van der Waals surface area contributed by atoms with Crippen LogP contribution in [-0.4, -0.2) is 12.5 Å². The van der Waals surface area contributed by atoms with Crippen molar-refractivity contribution >= 4 is 17.3 Å². The summed E-state index contributed by atoms with van der Waals surface area (Å²) >= 11 is 0. The normalized spacial score (nSPS) is 15.3. The van der Waals surface area contributed by atoms with Gasteiger partial charge in [0.25, 0.3) is 0 Å². The average molecular weight is 305 g/mol. The Kier molecular flexibility index (Phi) is 4.29. The van der Waals surface area contributed by atoms with Crippen molar-refractivity contribution in [3.05, 3.63) is 59.7 Å². The Morgan fingerprint density at radius 2 is 2.04 bits per heavy atom. The minimum atomic E-state index is 0.0848. The third-order valence-corrected chi connectivity index (χ3v) is 4.13. The molecule has 0 bridgehead atoms. The summed E-state index contributed by atoms with van der Waals surface area (Å²) in [6.45, 7) is 2.87. The van der Waals surface area contributed by atoms with Crippen LogP contribution < -0.4 is 10.2 Å². The molecule has 1 fully saturated rings. The first-order chi connectivity index (χ1) is 11.2. The van der Waals surface area contributed by atoms with E-state index < -0.39 is 0 Å². The van der Waals surface area contributed by atoms with Gasteiger partial charge in [-0.15, -0.1) is 0 Å². The van der Waals surface area contributed by atoms with E-state index in [2.05, 4.69) is 30.4 Å². The molecule has 0 aliphatic carbocycles. The summed E-state index contributed by atoms with van der Waals surface area (Å²) in [6.07, 6.45) is 1.57. The summed E-state index contributed by atoms with van der Waals surface area (Å²) in [5, 5.41) is 12.4. The van der Waals surface area contributed by atoms with Crippen molar-refractivity contribution in [3.8, 4) is 6.07 Å². The van der Waals surface area contributed by atoms with Gasteiger partial charge in [0.15, 0.2) is 0 Å². The Bertz CT molecular complexity index is 763. The van der Waals surface area contributed by atoms with Gasteiger partial charge in [-0.25, -0.2) is 0 Å². The summed E-state index contributed by atoms with van der Waals surface area (Å²) in [7, 11) is 0. The lowest BCUT2D eigenvalue weighted by Gasteiger charge is -2.20. The number of nitrogens with one attached hydrogen (secondary N) is 1. The lowest BCUT2D eigenvalue weighted by molar-refractivity contribution is -0.117. The largest absolute Gasteiger partial charge is 0.378 e. The number of carbonyl (C=O) groups is 1. The number of nitriles is 1. The van der Waals surface area contributed by atoms with Crippen LogP contribution in [0, 0.1) is 11.3 Å². The first kappa shape index (κ1) is 15.1. The fraction of sp³-hybridized carbons (Fsp3) is 0.263. The second-order valence-corrected chi connectivity index (χ2v) is 5.80. The van der Waals surface area contributed by atoms with Crippen LogP contribution in [0.5, 0.6) is 0 Å². The van der Waals surface area contributed by atoms with Crippen molar-refractivity contribution in [2.24, 2.45) is 0 Å². The number of rotatable bonds is 4. The van der Waals surface area contributed by atoms with E-state index >= 15 is 0 Å². The molecule has 0 aromatic heterocycles. The minimum absolute atomic E-state index is 0.0848. The van der Waals surface area contributed by atoms with Crippen molar-refractivity contribution < 1.29 is 4.79 Å². The van der Waals surface area contributed by atoms with Gasteiger partial charge in [-0.2, -0.15) is 5.26 Å². The van der Waals surface area contributed by atoms with Crippen LogP contribution in [0.2, 0.25) is 0 Å². The van der Waals surface area contributed by atoms with Crippen molar-refractivity contribution in [1.29, 1.82) is 5.26 Å². The summed E-state index contributed by atoms with van der Waals surface area (Å²) in [4.78, 5) is 13.8. The van der Waals surface area contributed by atoms with Gasteiger partial charge < -0.3 is 10.2 Å². The Balaban J connectivity index is 1.78. The smallest absolute Gasteiger partial charge is 0.227 e. The van der Waals surface area contributed by atoms with E-state index in [-0.39, 0.29) is 11.9 Å². The molecule has 0 spiro atoms. The van der Waals surface area contributed by atoms with Gasteiger partial charge in [-0.1, -0.05) is 18.2 Å². The number of anilines is 2. The van der Waals surface area contributed by atoms with Crippen LogP contribution in [0.1, 0.15) is 36.9 Å². The standard InChI is InChI=1S/C19H19N3O/c1-14(21-17-7-2-5-15(11-17)13-20)16-6-3-8-18(12-16)22-10-4-9-19(22)23/h2-3,5-8,11-12,14,21H,4,9-10H2,1H3. The van der Waals surface area contributed by atoms with Crippen molar-refractivity contribution in [2.45, 2.75) is 25.8 Å². The molecule has 4 heteroatoms. The molecular formula is C19H19N3O. The Morgan fingerprint density at radius 3 is 2.78 bits per heavy atom. The van der Waals surface area contributed by atoms with E-state index in [1.165, 1.54) is 0 Å². The second kappa shape index (κ2) is 6.53. The van der Waals surface area contributed by atoms with E-state index in [1.54, 1.807) is 6.07 Å². The molecule has 1 unspecified atom stereocenters. The highest BCUT2D eigenvalue weighted by Gasteiger charge is 2.22. The number of nitrogens with zero attached hydrogens (tertiary/aromatic N) is 2. The first-order valence-electron chi connectivity index (χ1n) is 7.84. The first-order valence-corrected chi connectivity index (χ1v) is 7.84. The molecule has 1 aliphatic rings. The second-order valence-electron chi connectivity index (χ2n) is 5.80. The molecule has 1 aliphatic heterocycles. The number of hydrogen-bond acceptors (Lipinski definition) is 3. The van der Waals surface area contributed by atoms with Crippen molar-refractivity contribution in [3.63, 3.8) is 0 Å². The van der Waals surface area contributed by atoms with Crippen molar-refractivity contribution in [2.75, 3.05) is 16.8 Å². The Hall–Kier alpha value is -2.80. The SMILES string of the molecule is CC(Nc1cccc(C#N)c1)c1cccc(N2CCCC2=O)c1. The highest BCUT2D eigenvalue weighted by Crippen LogP contribution is 2.26. The predicted molar refractivity (Wildman–Crippen MR) is 91.2 cm³/mol. The predicted octanol–water partition coefficient (Wildman–Crippen LogP) is 3.86. The summed E-state index contributed by atoms with van der Waals surface area (Å²) in [5.74, 6) is 0.199. The molecule has 1 heterocycles. The molecule has 2 aromatic carbocycles. The zero-order valence-electron chi connectivity index (χ0n) is 13.1. The van der Waals surface area contributed by atoms with Crippen molar-refractivity contribution in [1.82, 2.24) is 0 Å². The highest BCUT2D eigenvalue weighted by molar-refractivity contribution is 5.95. The molecule has 23 heavy (non-hydrogen) atoms. The molecule has 2 aromatic rings. The third kappa shape index (κ3) is 3.35. The summed E-state index contributed by atoms with van der Waals surface area (Å²) in [5.41, 5.74) is 3.63. The molecule has 1 N–H and O–H groups in total. The van der Waals surface area contributed by atoms with Gasteiger partial charge >= 0.3 is 0 Å². The fourth-order valence-electron chi connectivity index (χ4n) is 2.90. The molecule has 0 radical (unpaired) electrons. The number of benzene rings is 2. The maximum atomic E-state index is 11.9. The summed E-state index contributed by atoms with van der Waals surface area (Å²) < 4.78 is 0. The van der Waals surface area contributed by atoms with Gasteiger partial charge in [0.2, 0.25) is 5.91 Å². The lowest BCUT2D eigenvalue weighted by atomic mass is 10.1. The highest BCUT2D eigenvalue weighted by atomic mass is 16.2. The number of amides is 1. The van der Waals surface area contributed by atoms with Crippen LogP contribution in [0.25, 0.3) is 0 Å². The van der Waals surface area contributed by atoms with Crippen LogP contribution in [0.4, 0.5) is 11.4 Å². The van der Waals surface area contributed by atoms with E-state index in [0.717, 1.165) is 29.9 Å². The molecule has 0 saturated carbocycles. The topological polar surface area (TPSA) is 56.1 Å². The monoisotopic (exact) mass is 305 g/mol. The zero-order valence-corrected chi connectivity index (χ0v) is 13.1. The molecule has 1 amide bonds. The lowest BCUT2D eigenvalue weighted by Crippen LogP contribution is -2.23. The zero-order chi connectivity index (χ0) is 16.2. The van der Waals surface area contributed by atoms with Gasteiger partial charge in [-0.3, -0.25) is 4.79 Å². The Labute approximate surface area is 136 Å². The number of carbonyl (C=O) groups excluding carboxylic acids is 1. The minimum Gasteiger partial charge on any atom is -0.378 e. The third-order valence-electron chi connectivity index (χ3n) is 4.13. The quantitative estimate of drug-likeness (QED) is 0.933. The van der Waals surface area contributed by atoms with Gasteiger partial charge in [0.1, 0.15) is 0 Å². The molecule has 4 nitrogen and oxygen atoms in total. The van der Waals surface area contributed by atoms with Crippen LogP contribution in [0.3, 0.4) is 0 Å². The van der Waals surface area contributed by atoms with Crippen LogP contribution in [0.15, 0.2) is 48.5 Å². The van der Waals surface area contributed by atoms with Crippen LogP contribution >= 0.6 is 0 Å². The fourth-order valence-corrected chi connectivity index (χ4v) is 2.90. The molecule has 1 atom stereocenters. The Morgan fingerprint density at radius 1 is 1.22 bits per heavy atom. The van der Waals surface area contributed by atoms with E-state index in [1.807, 2.05) is 35.2 Å². The maximum absolute atomic E-state index is 11.9. The maximum Gasteiger partial charge on any atom is 0.227 e. The molecule has 116 valence electrons. The number of hydrogen-bond donors (Lipinski definition) is 1. The van der Waals surface area contributed by atoms with E-state index in [4.69, 9.17) is 5.26 Å². The van der Waals surface area contributed by atoms with Gasteiger partial charge in [-0.05, 0) is 49.2 Å².